The minimum atomic E-state index is -0.505. The first-order chi connectivity index (χ1) is 16.9. The number of pyridine rings is 1. The fourth-order valence-corrected chi connectivity index (χ4v) is 6.89. The molecule has 1 saturated heterocycles. The molecule has 1 aliphatic rings. The smallest absolute Gasteiger partial charge is 0.260 e. The predicted molar refractivity (Wildman–Crippen MR) is 147 cm³/mol. The molecule has 0 saturated carbocycles. The summed E-state index contributed by atoms with van der Waals surface area (Å²) in [7, 11) is 0. The highest BCUT2D eigenvalue weighted by atomic mass is 32.1. The van der Waals surface area contributed by atoms with E-state index >= 15 is 0 Å². The normalized spacial score (nSPS) is 15.8. The molecule has 5 rings (SSSR count). The van der Waals surface area contributed by atoms with Gasteiger partial charge in [0, 0.05) is 40.6 Å². The Morgan fingerprint density at radius 1 is 1.26 bits per heavy atom. The molecule has 35 heavy (non-hydrogen) atoms. The standard InChI is InChI=1S/C26H31N5O2S2/c1-2-5-16-13-21(30-26-22(16)23(27)24(35-26)25(28)33)31-10-8-17(9-11-31)29-14-18(32)20-12-15-6-3-4-7-19(15)34-20/h3-4,6-7,12-13,17-18,29,32H,2,5,8-11,14,27H2,1H3,(H2,28,33). The van der Waals surface area contributed by atoms with Crippen LogP contribution in [0.1, 0.15) is 52.4 Å². The monoisotopic (exact) mass is 509 g/mol. The molecule has 1 unspecified atom stereocenters. The lowest BCUT2D eigenvalue weighted by molar-refractivity contribution is 0.100. The van der Waals surface area contributed by atoms with Crippen LogP contribution in [0.15, 0.2) is 36.4 Å². The van der Waals surface area contributed by atoms with Gasteiger partial charge in [0.25, 0.3) is 5.91 Å². The lowest BCUT2D eigenvalue weighted by Crippen LogP contribution is -2.43. The summed E-state index contributed by atoms with van der Waals surface area (Å²) in [5, 5.41) is 16.3. The molecule has 0 aliphatic carbocycles. The maximum absolute atomic E-state index is 11.8. The number of aryl methyl sites for hydroxylation is 1. The van der Waals surface area contributed by atoms with Crippen molar-refractivity contribution in [3.05, 3.63) is 51.7 Å². The van der Waals surface area contributed by atoms with Crippen molar-refractivity contribution in [1.82, 2.24) is 10.3 Å². The number of benzene rings is 1. The summed E-state index contributed by atoms with van der Waals surface area (Å²) in [6.45, 7) is 4.44. The Bertz CT molecular complexity index is 1320. The highest BCUT2D eigenvalue weighted by Crippen LogP contribution is 2.37. The van der Waals surface area contributed by atoms with Crippen LogP contribution in [0.3, 0.4) is 0 Å². The fourth-order valence-electron chi connectivity index (χ4n) is 4.85. The Labute approximate surface area is 212 Å². The number of fused-ring (bicyclic) bond motifs is 2. The second kappa shape index (κ2) is 10.1. The summed E-state index contributed by atoms with van der Waals surface area (Å²) in [6.07, 6.45) is 3.30. The number of aromatic nitrogens is 1. The van der Waals surface area contributed by atoms with Crippen LogP contribution in [0.4, 0.5) is 11.5 Å². The number of nitrogen functional groups attached to an aromatic ring is 1. The average Bonchev–Trinajstić information content (AvgIpc) is 3.44. The van der Waals surface area contributed by atoms with Crippen LogP contribution in [-0.2, 0) is 6.42 Å². The second-order valence-electron chi connectivity index (χ2n) is 9.15. The van der Waals surface area contributed by atoms with Crippen LogP contribution in [0, 0.1) is 0 Å². The van der Waals surface area contributed by atoms with Gasteiger partial charge >= 0.3 is 0 Å². The van der Waals surface area contributed by atoms with E-state index in [9.17, 15) is 9.90 Å². The molecule has 0 bridgehead atoms. The number of amides is 1. The van der Waals surface area contributed by atoms with Gasteiger partial charge < -0.3 is 26.8 Å². The van der Waals surface area contributed by atoms with Gasteiger partial charge in [0.1, 0.15) is 21.6 Å². The van der Waals surface area contributed by atoms with Crippen molar-refractivity contribution in [1.29, 1.82) is 0 Å². The third-order valence-corrected chi connectivity index (χ3v) is 9.03. The molecule has 184 valence electrons. The van der Waals surface area contributed by atoms with E-state index in [0.29, 0.717) is 23.2 Å². The first kappa shape index (κ1) is 24.0. The van der Waals surface area contributed by atoms with Gasteiger partial charge in [0.15, 0.2) is 0 Å². The lowest BCUT2D eigenvalue weighted by Gasteiger charge is -2.34. The Morgan fingerprint density at radius 2 is 2.03 bits per heavy atom. The van der Waals surface area contributed by atoms with Crippen molar-refractivity contribution in [3.8, 4) is 0 Å². The average molecular weight is 510 g/mol. The van der Waals surface area contributed by atoms with Gasteiger partial charge in [-0.3, -0.25) is 4.79 Å². The SMILES string of the molecule is CCCc1cc(N2CCC(NCC(O)c3cc4ccccc4s3)CC2)nc2sc(C(N)=O)c(N)c12. The number of thiophene rings is 2. The number of hydrogen-bond acceptors (Lipinski definition) is 8. The van der Waals surface area contributed by atoms with E-state index in [4.69, 9.17) is 16.5 Å². The highest BCUT2D eigenvalue weighted by Gasteiger charge is 2.24. The summed E-state index contributed by atoms with van der Waals surface area (Å²) in [6, 6.07) is 12.8. The van der Waals surface area contributed by atoms with E-state index in [0.717, 1.165) is 65.2 Å². The number of carbonyl (C=O) groups is 1. The van der Waals surface area contributed by atoms with Crippen molar-refractivity contribution in [2.75, 3.05) is 30.3 Å². The number of aliphatic hydroxyl groups excluding tert-OH is 1. The van der Waals surface area contributed by atoms with Gasteiger partial charge in [-0.05, 0) is 48.4 Å². The second-order valence-corrected chi connectivity index (χ2v) is 11.3. The first-order valence-corrected chi connectivity index (χ1v) is 13.7. The Kier molecular flexibility index (Phi) is 6.93. The molecular formula is C26H31N5O2S2. The molecule has 7 nitrogen and oxygen atoms in total. The highest BCUT2D eigenvalue weighted by molar-refractivity contribution is 7.21. The maximum atomic E-state index is 11.8. The van der Waals surface area contributed by atoms with Crippen LogP contribution in [0.2, 0.25) is 0 Å². The first-order valence-electron chi connectivity index (χ1n) is 12.1. The molecule has 4 aromatic rings. The van der Waals surface area contributed by atoms with E-state index < -0.39 is 12.0 Å². The molecule has 3 aromatic heterocycles. The van der Waals surface area contributed by atoms with Crippen LogP contribution in [0.25, 0.3) is 20.3 Å². The molecule has 6 N–H and O–H groups in total. The molecule has 0 radical (unpaired) electrons. The third-order valence-electron chi connectivity index (χ3n) is 6.70. The third kappa shape index (κ3) is 4.86. The zero-order chi connectivity index (χ0) is 24.5. The van der Waals surface area contributed by atoms with Crippen LogP contribution in [0.5, 0.6) is 0 Å². The molecule has 1 fully saturated rings. The number of carbonyl (C=O) groups excluding carboxylic acids is 1. The van der Waals surface area contributed by atoms with Crippen molar-refractivity contribution in [2.24, 2.45) is 5.73 Å². The quantitative estimate of drug-likeness (QED) is 0.279. The number of rotatable bonds is 8. The number of hydrogen-bond donors (Lipinski definition) is 4. The molecule has 1 amide bonds. The molecule has 9 heteroatoms. The Balaban J connectivity index is 1.24. The summed E-state index contributed by atoms with van der Waals surface area (Å²) < 4.78 is 1.21. The van der Waals surface area contributed by atoms with Gasteiger partial charge in [-0.2, -0.15) is 0 Å². The van der Waals surface area contributed by atoms with Crippen molar-refractivity contribution in [3.63, 3.8) is 0 Å². The van der Waals surface area contributed by atoms with Crippen LogP contribution in [-0.4, -0.2) is 41.7 Å². The molecule has 4 heterocycles. The van der Waals surface area contributed by atoms with Crippen LogP contribution < -0.4 is 21.7 Å². The van der Waals surface area contributed by atoms with Gasteiger partial charge in [0.05, 0.1) is 5.69 Å². The fraction of sp³-hybridized carbons (Fsp3) is 0.385. The zero-order valence-corrected chi connectivity index (χ0v) is 21.4. The predicted octanol–water partition coefficient (Wildman–Crippen LogP) is 4.44. The van der Waals surface area contributed by atoms with Crippen molar-refractivity contribution in [2.45, 2.75) is 44.8 Å². The van der Waals surface area contributed by atoms with Gasteiger partial charge in [0.2, 0.25) is 0 Å². The number of nitrogens with two attached hydrogens (primary N) is 2. The summed E-state index contributed by atoms with van der Waals surface area (Å²) >= 11 is 2.94. The summed E-state index contributed by atoms with van der Waals surface area (Å²) in [4.78, 5) is 21.2. The van der Waals surface area contributed by atoms with E-state index in [2.05, 4.69) is 41.4 Å². The maximum Gasteiger partial charge on any atom is 0.260 e. The number of nitrogens with zero attached hydrogens (tertiary/aromatic N) is 2. The minimum absolute atomic E-state index is 0.355. The van der Waals surface area contributed by atoms with Crippen molar-refractivity contribution < 1.29 is 9.90 Å². The summed E-state index contributed by atoms with van der Waals surface area (Å²) in [5.74, 6) is 0.432. The topological polar surface area (TPSA) is 117 Å². The molecule has 1 aliphatic heterocycles. The number of primary amides is 1. The number of nitrogens with one attached hydrogen (secondary N) is 1. The van der Waals surface area contributed by atoms with E-state index in [1.165, 1.54) is 21.4 Å². The van der Waals surface area contributed by atoms with Gasteiger partial charge in [-0.25, -0.2) is 4.98 Å². The Morgan fingerprint density at radius 3 is 2.74 bits per heavy atom. The van der Waals surface area contributed by atoms with Gasteiger partial charge in [-0.15, -0.1) is 22.7 Å². The van der Waals surface area contributed by atoms with E-state index in [1.807, 2.05) is 12.1 Å². The minimum Gasteiger partial charge on any atom is -0.397 e. The summed E-state index contributed by atoms with van der Waals surface area (Å²) in [5.41, 5.74) is 13.4. The molecule has 1 aromatic carbocycles. The Hall–Kier alpha value is -2.72. The van der Waals surface area contributed by atoms with E-state index in [-0.39, 0.29) is 0 Å². The lowest BCUT2D eigenvalue weighted by atomic mass is 10.0. The number of anilines is 2. The number of piperidine rings is 1. The molecule has 0 spiro atoms. The zero-order valence-electron chi connectivity index (χ0n) is 19.8. The molecule has 1 atom stereocenters. The van der Waals surface area contributed by atoms with Crippen molar-refractivity contribution >= 4 is 60.4 Å². The van der Waals surface area contributed by atoms with Gasteiger partial charge in [-0.1, -0.05) is 31.5 Å². The number of aliphatic hydroxyl groups is 1. The molecular weight excluding hydrogens is 478 g/mol. The van der Waals surface area contributed by atoms with Crippen LogP contribution >= 0.6 is 22.7 Å². The van der Waals surface area contributed by atoms with E-state index in [1.54, 1.807) is 11.3 Å². The largest absolute Gasteiger partial charge is 0.397 e.